The number of benzene rings is 2. The van der Waals surface area contributed by atoms with Gasteiger partial charge in [-0.1, -0.05) is 17.7 Å². The molecule has 0 aliphatic heterocycles. The van der Waals surface area contributed by atoms with Crippen LogP contribution in [0, 0.1) is 13.8 Å². The number of hydrogen-bond donors (Lipinski definition) is 1. The zero-order chi connectivity index (χ0) is 20.2. The van der Waals surface area contributed by atoms with Crippen LogP contribution >= 0.6 is 0 Å². The summed E-state index contributed by atoms with van der Waals surface area (Å²) in [7, 11) is 0. The molecular weight excluding hydrogens is 363 g/mol. The van der Waals surface area contributed by atoms with Crippen LogP contribution in [0.4, 0.5) is 18.9 Å². The van der Waals surface area contributed by atoms with Crippen molar-refractivity contribution in [2.45, 2.75) is 33.2 Å². The van der Waals surface area contributed by atoms with Crippen LogP contribution in [0.25, 0.3) is 0 Å². The fourth-order valence-electron chi connectivity index (χ4n) is 2.26. The molecule has 1 atom stereocenters. The highest BCUT2D eigenvalue weighted by molar-refractivity contribution is 5.97. The molecular formula is C19H18F3NO4. The Morgan fingerprint density at radius 3 is 2.22 bits per heavy atom. The average Bonchev–Trinajstić information content (AvgIpc) is 2.56. The van der Waals surface area contributed by atoms with Crippen molar-refractivity contribution in [3.05, 3.63) is 59.2 Å². The van der Waals surface area contributed by atoms with Crippen molar-refractivity contribution < 1.29 is 32.2 Å². The molecule has 0 heterocycles. The van der Waals surface area contributed by atoms with Crippen molar-refractivity contribution in [2.75, 3.05) is 5.32 Å². The van der Waals surface area contributed by atoms with Gasteiger partial charge < -0.3 is 14.8 Å². The van der Waals surface area contributed by atoms with E-state index in [4.69, 9.17) is 4.74 Å². The first-order valence-corrected chi connectivity index (χ1v) is 8.00. The lowest BCUT2D eigenvalue weighted by atomic mass is 10.1. The van der Waals surface area contributed by atoms with Gasteiger partial charge in [0.2, 0.25) is 0 Å². The second kappa shape index (κ2) is 8.11. The Kier molecular flexibility index (Phi) is 6.09. The van der Waals surface area contributed by atoms with Gasteiger partial charge in [-0.3, -0.25) is 4.79 Å². The van der Waals surface area contributed by atoms with E-state index >= 15 is 0 Å². The lowest BCUT2D eigenvalue weighted by Crippen LogP contribution is -2.30. The molecule has 1 N–H and O–H groups in total. The van der Waals surface area contributed by atoms with Crippen molar-refractivity contribution >= 4 is 17.6 Å². The first-order chi connectivity index (χ1) is 12.5. The third kappa shape index (κ3) is 6.02. The van der Waals surface area contributed by atoms with Gasteiger partial charge in [-0.2, -0.15) is 0 Å². The fourth-order valence-corrected chi connectivity index (χ4v) is 2.26. The van der Waals surface area contributed by atoms with Gasteiger partial charge in [0, 0.05) is 5.69 Å². The van der Waals surface area contributed by atoms with Crippen molar-refractivity contribution in [3.63, 3.8) is 0 Å². The molecule has 5 nitrogen and oxygen atoms in total. The van der Waals surface area contributed by atoms with Crippen LogP contribution in [0.3, 0.4) is 0 Å². The van der Waals surface area contributed by atoms with E-state index in [2.05, 4.69) is 10.1 Å². The Morgan fingerprint density at radius 1 is 1.04 bits per heavy atom. The number of hydrogen-bond acceptors (Lipinski definition) is 4. The van der Waals surface area contributed by atoms with E-state index in [-0.39, 0.29) is 5.56 Å². The lowest BCUT2D eigenvalue weighted by molar-refractivity contribution is -0.274. The fraction of sp³-hybridized carbons (Fsp3) is 0.263. The Bertz CT molecular complexity index is 832. The first-order valence-electron chi connectivity index (χ1n) is 8.00. The number of halogens is 3. The normalized spacial score (nSPS) is 12.2. The maximum Gasteiger partial charge on any atom is 0.573 e. The summed E-state index contributed by atoms with van der Waals surface area (Å²) in [5.74, 6) is -1.82. The summed E-state index contributed by atoms with van der Waals surface area (Å²) >= 11 is 0. The number of aryl methyl sites for hydroxylation is 2. The van der Waals surface area contributed by atoms with Crippen LogP contribution in [-0.4, -0.2) is 24.3 Å². The van der Waals surface area contributed by atoms with Gasteiger partial charge in [0.05, 0.1) is 5.56 Å². The van der Waals surface area contributed by atoms with Crippen LogP contribution in [0.5, 0.6) is 5.75 Å². The van der Waals surface area contributed by atoms with E-state index in [1.54, 1.807) is 6.07 Å². The Labute approximate surface area is 154 Å². The molecule has 0 fully saturated rings. The van der Waals surface area contributed by atoms with E-state index in [9.17, 15) is 22.8 Å². The Morgan fingerprint density at radius 2 is 1.67 bits per heavy atom. The molecule has 0 spiro atoms. The number of anilines is 1. The predicted molar refractivity (Wildman–Crippen MR) is 92.5 cm³/mol. The summed E-state index contributed by atoms with van der Waals surface area (Å²) in [4.78, 5) is 24.2. The molecule has 0 saturated carbocycles. The highest BCUT2D eigenvalue weighted by Crippen LogP contribution is 2.23. The zero-order valence-electron chi connectivity index (χ0n) is 14.9. The minimum Gasteiger partial charge on any atom is -0.449 e. The van der Waals surface area contributed by atoms with Gasteiger partial charge in [0.1, 0.15) is 5.75 Å². The molecule has 2 rings (SSSR count). The summed E-state index contributed by atoms with van der Waals surface area (Å²) in [6.45, 7) is 5.16. The average molecular weight is 381 g/mol. The molecule has 144 valence electrons. The number of amides is 1. The molecule has 0 bridgehead atoms. The van der Waals surface area contributed by atoms with Crippen molar-refractivity contribution in [1.82, 2.24) is 0 Å². The van der Waals surface area contributed by atoms with Crippen LogP contribution < -0.4 is 10.1 Å². The van der Waals surface area contributed by atoms with E-state index in [1.165, 1.54) is 6.92 Å². The molecule has 1 unspecified atom stereocenters. The van der Waals surface area contributed by atoms with Crippen molar-refractivity contribution in [3.8, 4) is 5.75 Å². The summed E-state index contributed by atoms with van der Waals surface area (Å²) in [5, 5.41) is 2.67. The first kappa shape index (κ1) is 20.3. The number of ether oxygens (including phenoxy) is 2. The van der Waals surface area contributed by atoms with Gasteiger partial charge in [-0.15, -0.1) is 13.2 Å². The maximum atomic E-state index is 12.2. The second-order valence-corrected chi connectivity index (χ2v) is 5.93. The lowest BCUT2D eigenvalue weighted by Gasteiger charge is -2.15. The largest absolute Gasteiger partial charge is 0.573 e. The van der Waals surface area contributed by atoms with E-state index < -0.39 is 30.1 Å². The minimum absolute atomic E-state index is 0.00399. The molecule has 2 aromatic rings. The third-order valence-corrected chi connectivity index (χ3v) is 3.62. The number of esters is 1. The standard InChI is InChI=1S/C19H18F3NO4/c1-11-4-9-16(12(2)10-11)23-17(24)13(3)26-18(25)14-5-7-15(8-6-14)27-19(20,21)22/h4-10,13H,1-3H3,(H,23,24). The number of carbonyl (C=O) groups is 2. The Balaban J connectivity index is 1.97. The molecule has 8 heteroatoms. The molecule has 0 saturated heterocycles. The monoisotopic (exact) mass is 381 g/mol. The van der Waals surface area contributed by atoms with Crippen LogP contribution in [0.1, 0.15) is 28.4 Å². The Hall–Kier alpha value is -3.03. The van der Waals surface area contributed by atoms with E-state index in [1.807, 2.05) is 26.0 Å². The summed E-state index contributed by atoms with van der Waals surface area (Å²) in [5.41, 5.74) is 2.50. The van der Waals surface area contributed by atoms with Crippen molar-refractivity contribution in [2.24, 2.45) is 0 Å². The van der Waals surface area contributed by atoms with Crippen LogP contribution in [-0.2, 0) is 9.53 Å². The van der Waals surface area contributed by atoms with Gasteiger partial charge in [0.15, 0.2) is 6.10 Å². The maximum absolute atomic E-state index is 12.2. The van der Waals surface area contributed by atoms with Gasteiger partial charge in [0.25, 0.3) is 5.91 Å². The quantitative estimate of drug-likeness (QED) is 0.781. The zero-order valence-corrected chi connectivity index (χ0v) is 14.9. The minimum atomic E-state index is -4.82. The highest BCUT2D eigenvalue weighted by atomic mass is 19.4. The van der Waals surface area contributed by atoms with Crippen LogP contribution in [0.2, 0.25) is 0 Å². The number of carbonyl (C=O) groups excluding carboxylic acids is 2. The van der Waals surface area contributed by atoms with E-state index in [0.29, 0.717) is 5.69 Å². The molecule has 0 aliphatic rings. The third-order valence-electron chi connectivity index (χ3n) is 3.62. The molecule has 0 aliphatic carbocycles. The van der Waals surface area contributed by atoms with Gasteiger partial charge in [-0.05, 0) is 56.7 Å². The molecule has 1 amide bonds. The predicted octanol–water partition coefficient (Wildman–Crippen LogP) is 4.39. The summed E-state index contributed by atoms with van der Waals surface area (Å²) in [6, 6.07) is 9.71. The number of nitrogens with one attached hydrogen (secondary N) is 1. The molecule has 0 radical (unpaired) electrons. The summed E-state index contributed by atoms with van der Waals surface area (Å²) < 4.78 is 45.2. The summed E-state index contributed by atoms with van der Waals surface area (Å²) in [6.07, 6.45) is -5.91. The van der Waals surface area contributed by atoms with Gasteiger partial charge in [-0.25, -0.2) is 4.79 Å². The van der Waals surface area contributed by atoms with E-state index in [0.717, 1.165) is 35.4 Å². The number of alkyl halides is 3. The SMILES string of the molecule is Cc1ccc(NC(=O)C(C)OC(=O)c2ccc(OC(F)(F)F)cc2)c(C)c1. The second-order valence-electron chi connectivity index (χ2n) is 5.93. The number of rotatable bonds is 5. The molecule has 2 aromatic carbocycles. The van der Waals surface area contributed by atoms with Crippen LogP contribution in [0.15, 0.2) is 42.5 Å². The smallest absolute Gasteiger partial charge is 0.449 e. The topological polar surface area (TPSA) is 64.6 Å². The van der Waals surface area contributed by atoms with Gasteiger partial charge >= 0.3 is 12.3 Å². The van der Waals surface area contributed by atoms with Crippen molar-refractivity contribution in [1.29, 1.82) is 0 Å². The highest BCUT2D eigenvalue weighted by Gasteiger charge is 2.31. The molecule has 27 heavy (non-hydrogen) atoms. The molecule has 0 aromatic heterocycles.